The lowest BCUT2D eigenvalue weighted by Crippen LogP contribution is -2.17. The molecule has 0 spiro atoms. The number of nitrogens with zero attached hydrogens (tertiary/aromatic N) is 2. The minimum absolute atomic E-state index is 0.0333. The van der Waals surface area contributed by atoms with E-state index in [1.54, 1.807) is 18.3 Å². The van der Waals surface area contributed by atoms with Gasteiger partial charge in [-0.3, -0.25) is 9.78 Å². The van der Waals surface area contributed by atoms with E-state index in [2.05, 4.69) is 15.5 Å². The van der Waals surface area contributed by atoms with Gasteiger partial charge in [-0.05, 0) is 53.6 Å². The van der Waals surface area contributed by atoms with Gasteiger partial charge in [0.15, 0.2) is 0 Å². The number of benzene rings is 1. The first-order chi connectivity index (χ1) is 16.3. The molecule has 1 saturated carbocycles. The van der Waals surface area contributed by atoms with Crippen molar-refractivity contribution in [2.75, 3.05) is 6.54 Å². The van der Waals surface area contributed by atoms with Gasteiger partial charge in [-0.1, -0.05) is 36.6 Å². The summed E-state index contributed by atoms with van der Waals surface area (Å²) in [5.41, 5.74) is 1.96. The molecule has 1 aliphatic rings. The number of carbonyl (C=O) groups is 1. The van der Waals surface area contributed by atoms with E-state index in [0.29, 0.717) is 30.6 Å². The zero-order valence-corrected chi connectivity index (χ0v) is 19.0. The number of pyridine rings is 1. The van der Waals surface area contributed by atoms with Gasteiger partial charge in [0.05, 0.1) is 12.0 Å². The number of hydrogen-bond acceptors (Lipinski definition) is 5. The van der Waals surface area contributed by atoms with Crippen LogP contribution in [0.1, 0.15) is 72.4 Å². The van der Waals surface area contributed by atoms with Crippen molar-refractivity contribution in [1.82, 2.24) is 10.3 Å². The van der Waals surface area contributed by atoms with Crippen LogP contribution in [0.4, 0.5) is 13.2 Å². The second kappa shape index (κ2) is 12.5. The van der Waals surface area contributed by atoms with Gasteiger partial charge in [-0.2, -0.15) is 13.2 Å². The molecule has 9 heteroatoms. The van der Waals surface area contributed by atoms with Crippen LogP contribution < -0.4 is 5.32 Å². The summed E-state index contributed by atoms with van der Waals surface area (Å²) >= 11 is 0. The maximum atomic E-state index is 13.7. The number of nitrogens with one attached hydrogen (secondary N) is 1. The minimum Gasteiger partial charge on any atom is -0.481 e. The van der Waals surface area contributed by atoms with Crippen molar-refractivity contribution in [3.63, 3.8) is 0 Å². The van der Waals surface area contributed by atoms with E-state index in [9.17, 15) is 18.0 Å². The number of aliphatic carboxylic acids is 1. The quantitative estimate of drug-likeness (QED) is 0.255. The Bertz CT molecular complexity index is 973. The highest BCUT2D eigenvalue weighted by Crippen LogP contribution is 2.41. The van der Waals surface area contributed by atoms with Crippen molar-refractivity contribution in [3.8, 4) is 0 Å². The molecule has 1 aliphatic carbocycles. The topological polar surface area (TPSA) is 83.8 Å². The lowest BCUT2D eigenvalue weighted by atomic mass is 9.81. The fourth-order valence-corrected chi connectivity index (χ4v) is 4.18. The fourth-order valence-electron chi connectivity index (χ4n) is 4.18. The van der Waals surface area contributed by atoms with Gasteiger partial charge in [-0.15, -0.1) is 0 Å². The van der Waals surface area contributed by atoms with E-state index in [-0.39, 0.29) is 18.9 Å². The van der Waals surface area contributed by atoms with Gasteiger partial charge in [0.2, 0.25) is 0 Å². The molecule has 6 nitrogen and oxygen atoms in total. The number of aromatic nitrogens is 1. The van der Waals surface area contributed by atoms with Gasteiger partial charge < -0.3 is 15.3 Å². The molecule has 0 radical (unpaired) electrons. The van der Waals surface area contributed by atoms with E-state index in [0.717, 1.165) is 43.4 Å². The lowest BCUT2D eigenvalue weighted by Gasteiger charge is -2.25. The Balaban J connectivity index is 1.51. The molecule has 2 N–H and O–H groups in total. The number of alkyl halides is 3. The zero-order chi connectivity index (χ0) is 24.4. The number of oxime groups is 1. The van der Waals surface area contributed by atoms with Crippen molar-refractivity contribution in [1.29, 1.82) is 0 Å². The third kappa shape index (κ3) is 8.13. The second-order valence-corrected chi connectivity index (χ2v) is 8.50. The number of hydrogen-bond donors (Lipinski definition) is 2. The average molecular weight is 478 g/mol. The summed E-state index contributed by atoms with van der Waals surface area (Å²) in [7, 11) is 0. The maximum Gasteiger partial charge on any atom is 0.416 e. The van der Waals surface area contributed by atoms with E-state index in [4.69, 9.17) is 9.94 Å². The van der Waals surface area contributed by atoms with Crippen molar-refractivity contribution >= 4 is 12.2 Å². The molecule has 1 heterocycles. The molecule has 1 fully saturated rings. The number of carboxylic acids is 1. The summed E-state index contributed by atoms with van der Waals surface area (Å²) in [6.45, 7) is 0.848. The number of rotatable bonds is 11. The SMILES string of the molecule is O=C(O)CCNCc1ccnc(CC=NOCc2ccc(C3CCCCC3)c(C(F)(F)F)c2)c1. The number of carboxylic acid groups (broad SMARTS) is 1. The number of halogens is 3. The summed E-state index contributed by atoms with van der Waals surface area (Å²) in [4.78, 5) is 20.0. The average Bonchev–Trinajstić information content (AvgIpc) is 2.82. The summed E-state index contributed by atoms with van der Waals surface area (Å²) in [6.07, 6.45) is 3.87. The molecule has 0 atom stereocenters. The maximum absolute atomic E-state index is 13.7. The Morgan fingerprint density at radius 3 is 2.71 bits per heavy atom. The van der Waals surface area contributed by atoms with E-state index in [1.807, 2.05) is 12.1 Å². The van der Waals surface area contributed by atoms with Crippen LogP contribution in [0, 0.1) is 0 Å². The molecule has 2 aromatic rings. The van der Waals surface area contributed by atoms with E-state index in [1.165, 1.54) is 12.3 Å². The van der Waals surface area contributed by atoms with Crippen LogP contribution in [-0.2, 0) is 35.4 Å². The highest BCUT2D eigenvalue weighted by molar-refractivity contribution is 5.66. The van der Waals surface area contributed by atoms with Crippen LogP contribution in [0.2, 0.25) is 0 Å². The normalized spacial score (nSPS) is 15.0. The molecule has 34 heavy (non-hydrogen) atoms. The predicted molar refractivity (Wildman–Crippen MR) is 122 cm³/mol. The van der Waals surface area contributed by atoms with Crippen molar-refractivity contribution in [2.24, 2.45) is 5.16 Å². The molecular formula is C25H30F3N3O3. The molecule has 1 aromatic carbocycles. The molecule has 0 aliphatic heterocycles. The fraction of sp³-hybridized carbons (Fsp3) is 0.480. The first-order valence-electron chi connectivity index (χ1n) is 11.5. The van der Waals surface area contributed by atoms with Gasteiger partial charge >= 0.3 is 12.1 Å². The third-order valence-corrected chi connectivity index (χ3v) is 5.87. The standard InChI is InChI=1S/C25H30F3N3O3/c26-25(27,28)23-15-19(6-7-22(23)20-4-2-1-3-5-20)17-34-31-13-9-21-14-18(8-12-30-21)16-29-11-10-24(32)33/h6-8,12-15,20,29H,1-5,9-11,16-17H2,(H,32,33). The second-order valence-electron chi connectivity index (χ2n) is 8.50. The zero-order valence-electron chi connectivity index (χ0n) is 19.0. The first-order valence-corrected chi connectivity index (χ1v) is 11.5. The highest BCUT2D eigenvalue weighted by atomic mass is 19.4. The third-order valence-electron chi connectivity index (χ3n) is 5.87. The smallest absolute Gasteiger partial charge is 0.416 e. The van der Waals surface area contributed by atoms with Crippen molar-refractivity contribution in [2.45, 2.75) is 70.2 Å². The molecule has 0 bridgehead atoms. The predicted octanol–water partition coefficient (Wildman–Crippen LogP) is 5.46. The molecule has 0 unspecified atom stereocenters. The molecule has 0 saturated heterocycles. The Morgan fingerprint density at radius 2 is 1.97 bits per heavy atom. The molecular weight excluding hydrogens is 447 g/mol. The Kier molecular flexibility index (Phi) is 9.44. The Morgan fingerprint density at radius 1 is 1.18 bits per heavy atom. The lowest BCUT2D eigenvalue weighted by molar-refractivity contribution is -0.139. The van der Waals surface area contributed by atoms with E-state index >= 15 is 0 Å². The summed E-state index contributed by atoms with van der Waals surface area (Å²) in [5.74, 6) is -0.886. The summed E-state index contributed by atoms with van der Waals surface area (Å²) in [6, 6.07) is 8.18. The Labute approximate surface area is 197 Å². The molecule has 3 rings (SSSR count). The first kappa shape index (κ1) is 25.7. The van der Waals surface area contributed by atoms with Gasteiger partial charge in [0.25, 0.3) is 0 Å². The van der Waals surface area contributed by atoms with Gasteiger partial charge in [0.1, 0.15) is 6.61 Å². The molecule has 1 aromatic heterocycles. The van der Waals surface area contributed by atoms with Gasteiger partial charge in [0, 0.05) is 37.6 Å². The van der Waals surface area contributed by atoms with Crippen molar-refractivity contribution in [3.05, 3.63) is 64.5 Å². The van der Waals surface area contributed by atoms with Crippen LogP contribution in [-0.4, -0.2) is 28.8 Å². The van der Waals surface area contributed by atoms with Crippen molar-refractivity contribution < 1.29 is 27.9 Å². The Hall–Kier alpha value is -2.94. The molecule has 184 valence electrons. The summed E-state index contributed by atoms with van der Waals surface area (Å²) in [5, 5.41) is 15.6. The monoisotopic (exact) mass is 477 g/mol. The van der Waals surface area contributed by atoms with Crippen LogP contribution in [0.25, 0.3) is 0 Å². The molecule has 0 amide bonds. The van der Waals surface area contributed by atoms with Crippen LogP contribution in [0.3, 0.4) is 0 Å². The minimum atomic E-state index is -4.40. The summed E-state index contributed by atoms with van der Waals surface area (Å²) < 4.78 is 41.0. The van der Waals surface area contributed by atoms with Crippen LogP contribution >= 0.6 is 0 Å². The van der Waals surface area contributed by atoms with Crippen LogP contribution in [0.15, 0.2) is 41.7 Å². The van der Waals surface area contributed by atoms with Crippen LogP contribution in [0.5, 0.6) is 0 Å². The van der Waals surface area contributed by atoms with Gasteiger partial charge in [-0.25, -0.2) is 0 Å². The van der Waals surface area contributed by atoms with E-state index < -0.39 is 17.7 Å². The largest absolute Gasteiger partial charge is 0.481 e. The highest BCUT2D eigenvalue weighted by Gasteiger charge is 2.35.